The van der Waals surface area contributed by atoms with E-state index in [1.807, 2.05) is 115 Å². The predicted molar refractivity (Wildman–Crippen MR) is 214 cm³/mol. The van der Waals surface area contributed by atoms with Crippen LogP contribution in [0.15, 0.2) is 173 Å². The van der Waals surface area contributed by atoms with Crippen LogP contribution in [0.3, 0.4) is 0 Å². The molecule has 6 aromatic rings. The Morgan fingerprint density at radius 3 is 1.92 bits per heavy atom. The van der Waals surface area contributed by atoms with Gasteiger partial charge >= 0.3 is 0 Å². The summed E-state index contributed by atoms with van der Waals surface area (Å²) >= 11 is 3.76. The summed E-state index contributed by atoms with van der Waals surface area (Å²) in [4.78, 5) is 20.4. The smallest absolute Gasteiger partial charge is 0.252 e. The van der Waals surface area contributed by atoms with Gasteiger partial charge in [-0.3, -0.25) is 4.79 Å². The number of hydrogen-bond donors (Lipinski definition) is 2. The van der Waals surface area contributed by atoms with Gasteiger partial charge in [-0.05, 0) is 63.7 Å². The lowest BCUT2D eigenvalue weighted by Gasteiger charge is -2.32. The van der Waals surface area contributed by atoms with Crippen molar-refractivity contribution in [2.45, 2.75) is 30.4 Å². The molecule has 1 heterocycles. The number of aliphatic hydroxyl groups is 1. The standard InChI is InChI=1S/C46H41BrN2O4/c47-42-20-11-10-19-39(42)31-46(45(51)48-32-41(35-15-6-2-7-16-35)36-17-8-3-9-18-36)43(37-23-21-34(22-24-37)33-13-4-1-5-14-33)53-44(49-46)38-25-27-40(28-26-38)52-30-12-29-50/h1-11,13-28,41,43,50H,12,29-32H2,(H,48,51)/t43-,46-/m1/s1. The number of rotatable bonds is 14. The van der Waals surface area contributed by atoms with E-state index < -0.39 is 11.6 Å². The molecule has 0 aliphatic carbocycles. The third-order valence-corrected chi connectivity index (χ3v) is 10.4. The van der Waals surface area contributed by atoms with Crippen LogP contribution in [0, 0.1) is 0 Å². The molecule has 7 heteroatoms. The second-order valence-electron chi connectivity index (χ2n) is 13.1. The summed E-state index contributed by atoms with van der Waals surface area (Å²) in [6.45, 7) is 0.848. The van der Waals surface area contributed by atoms with E-state index in [-0.39, 0.29) is 18.4 Å². The minimum Gasteiger partial charge on any atom is -0.494 e. The largest absolute Gasteiger partial charge is 0.494 e. The Bertz CT molecular complexity index is 2090. The van der Waals surface area contributed by atoms with Gasteiger partial charge in [0.25, 0.3) is 5.91 Å². The van der Waals surface area contributed by atoms with E-state index in [0.29, 0.717) is 37.6 Å². The lowest BCUT2D eigenvalue weighted by atomic mass is 9.81. The number of nitrogens with zero attached hydrogens (tertiary/aromatic N) is 1. The molecule has 0 radical (unpaired) electrons. The molecule has 1 amide bonds. The molecule has 0 aromatic heterocycles. The Morgan fingerprint density at radius 2 is 1.30 bits per heavy atom. The van der Waals surface area contributed by atoms with Crippen molar-refractivity contribution in [3.05, 3.63) is 196 Å². The topological polar surface area (TPSA) is 80.2 Å². The van der Waals surface area contributed by atoms with Crippen molar-refractivity contribution in [1.29, 1.82) is 0 Å². The van der Waals surface area contributed by atoms with E-state index >= 15 is 4.79 Å². The number of halogens is 1. The number of carbonyl (C=O) groups excluding carboxylic acids is 1. The molecule has 6 nitrogen and oxygen atoms in total. The lowest BCUT2D eigenvalue weighted by molar-refractivity contribution is -0.129. The van der Waals surface area contributed by atoms with Gasteiger partial charge < -0.3 is 19.9 Å². The summed E-state index contributed by atoms with van der Waals surface area (Å²) in [6, 6.07) is 54.5. The zero-order valence-electron chi connectivity index (χ0n) is 29.3. The zero-order valence-corrected chi connectivity index (χ0v) is 30.9. The summed E-state index contributed by atoms with van der Waals surface area (Å²) in [5, 5.41) is 12.5. The number of benzene rings is 6. The van der Waals surface area contributed by atoms with Crippen LogP contribution in [0.5, 0.6) is 5.75 Å². The summed E-state index contributed by atoms with van der Waals surface area (Å²) in [5.41, 5.74) is 5.56. The van der Waals surface area contributed by atoms with E-state index in [1.165, 1.54) is 0 Å². The average molecular weight is 766 g/mol. The van der Waals surface area contributed by atoms with Gasteiger partial charge in [0.2, 0.25) is 5.90 Å². The van der Waals surface area contributed by atoms with Gasteiger partial charge in [0.05, 0.1) is 6.61 Å². The number of aliphatic imine (C=N–C) groups is 1. The van der Waals surface area contributed by atoms with Gasteiger partial charge in [-0.25, -0.2) is 4.99 Å². The summed E-state index contributed by atoms with van der Waals surface area (Å²) in [7, 11) is 0. The van der Waals surface area contributed by atoms with E-state index in [9.17, 15) is 5.11 Å². The highest BCUT2D eigenvalue weighted by molar-refractivity contribution is 9.10. The highest BCUT2D eigenvalue weighted by atomic mass is 79.9. The Kier molecular flexibility index (Phi) is 11.4. The maximum absolute atomic E-state index is 15.1. The molecule has 266 valence electrons. The maximum atomic E-state index is 15.1. The molecular weight excluding hydrogens is 724 g/mol. The molecule has 0 unspecified atom stereocenters. The van der Waals surface area contributed by atoms with Gasteiger partial charge in [0.1, 0.15) is 5.75 Å². The molecule has 0 spiro atoms. The normalized spacial score (nSPS) is 16.5. The molecular formula is C46H41BrN2O4. The lowest BCUT2D eigenvalue weighted by Crippen LogP contribution is -2.50. The van der Waals surface area contributed by atoms with Crippen LogP contribution >= 0.6 is 15.9 Å². The molecule has 6 aromatic carbocycles. The molecule has 7 rings (SSSR count). The summed E-state index contributed by atoms with van der Waals surface area (Å²) < 4.78 is 13.5. The second kappa shape index (κ2) is 16.9. The number of carbonyl (C=O) groups is 1. The van der Waals surface area contributed by atoms with E-state index in [1.54, 1.807) is 0 Å². The molecule has 0 saturated carbocycles. The highest BCUT2D eigenvalue weighted by Gasteiger charge is 2.53. The number of nitrogens with one attached hydrogen (secondary N) is 1. The van der Waals surface area contributed by atoms with Crippen LogP contribution in [-0.2, 0) is 16.0 Å². The molecule has 1 aliphatic heterocycles. The summed E-state index contributed by atoms with van der Waals surface area (Å²) in [5.74, 6) is 0.767. The SMILES string of the molecule is O=C(NCC(c1ccccc1)c1ccccc1)[C@]1(Cc2ccccc2Br)N=C(c2ccc(OCCCO)cc2)O[C@@H]1c1ccc(-c2ccccc2)cc1. The Morgan fingerprint density at radius 1 is 0.736 bits per heavy atom. The number of ether oxygens (including phenoxy) is 2. The molecule has 53 heavy (non-hydrogen) atoms. The first-order valence-electron chi connectivity index (χ1n) is 17.9. The fourth-order valence-corrected chi connectivity index (χ4v) is 7.27. The van der Waals surface area contributed by atoms with Crippen molar-refractivity contribution in [2.24, 2.45) is 4.99 Å². The van der Waals surface area contributed by atoms with Crippen LogP contribution in [-0.4, -0.2) is 42.2 Å². The van der Waals surface area contributed by atoms with Crippen molar-refractivity contribution in [1.82, 2.24) is 5.32 Å². The Labute approximate surface area is 319 Å². The Hall–Kier alpha value is -5.50. The average Bonchev–Trinajstić information content (AvgIpc) is 3.61. The molecule has 2 N–H and O–H groups in total. The third kappa shape index (κ3) is 8.27. The molecule has 0 bridgehead atoms. The van der Waals surface area contributed by atoms with Crippen LogP contribution in [0.1, 0.15) is 46.3 Å². The monoisotopic (exact) mass is 764 g/mol. The number of hydrogen-bond acceptors (Lipinski definition) is 5. The van der Waals surface area contributed by atoms with Gasteiger partial charge in [-0.2, -0.15) is 0 Å². The van der Waals surface area contributed by atoms with Crippen LogP contribution in [0.4, 0.5) is 0 Å². The first-order chi connectivity index (χ1) is 26.0. The fourth-order valence-electron chi connectivity index (χ4n) is 6.84. The number of amides is 1. The van der Waals surface area contributed by atoms with E-state index in [2.05, 4.69) is 69.8 Å². The van der Waals surface area contributed by atoms with Gasteiger partial charge in [0, 0.05) is 41.9 Å². The van der Waals surface area contributed by atoms with Crippen molar-refractivity contribution in [3.8, 4) is 16.9 Å². The van der Waals surface area contributed by atoms with Crippen molar-refractivity contribution in [2.75, 3.05) is 19.8 Å². The Balaban J connectivity index is 1.30. The minimum atomic E-state index is -1.36. The maximum Gasteiger partial charge on any atom is 0.252 e. The van der Waals surface area contributed by atoms with Crippen molar-refractivity contribution >= 4 is 27.7 Å². The van der Waals surface area contributed by atoms with Crippen LogP contribution in [0.25, 0.3) is 11.1 Å². The summed E-state index contributed by atoms with van der Waals surface area (Å²) in [6.07, 6.45) is 0.102. The van der Waals surface area contributed by atoms with Gasteiger partial charge in [0.15, 0.2) is 11.6 Å². The number of aliphatic hydroxyl groups excluding tert-OH is 1. The second-order valence-corrected chi connectivity index (χ2v) is 14.0. The highest BCUT2D eigenvalue weighted by Crippen LogP contribution is 2.44. The quantitative estimate of drug-likeness (QED) is 0.108. The first-order valence-corrected chi connectivity index (χ1v) is 18.7. The zero-order chi connectivity index (χ0) is 36.5. The van der Waals surface area contributed by atoms with Gasteiger partial charge in [-0.1, -0.05) is 149 Å². The fraction of sp³-hybridized carbons (Fsp3) is 0.174. The van der Waals surface area contributed by atoms with Crippen LogP contribution in [0.2, 0.25) is 0 Å². The molecule has 0 fully saturated rings. The van der Waals surface area contributed by atoms with E-state index in [4.69, 9.17) is 14.5 Å². The first kappa shape index (κ1) is 35.9. The molecule has 1 aliphatic rings. The van der Waals surface area contributed by atoms with Crippen LogP contribution < -0.4 is 10.1 Å². The molecule has 2 atom stereocenters. The van der Waals surface area contributed by atoms with E-state index in [0.717, 1.165) is 43.4 Å². The predicted octanol–water partition coefficient (Wildman–Crippen LogP) is 9.33. The minimum absolute atomic E-state index is 0.0650. The van der Waals surface area contributed by atoms with Crippen molar-refractivity contribution < 1.29 is 19.4 Å². The molecule has 0 saturated heterocycles. The van der Waals surface area contributed by atoms with Crippen molar-refractivity contribution in [3.63, 3.8) is 0 Å². The van der Waals surface area contributed by atoms with Gasteiger partial charge in [-0.15, -0.1) is 0 Å². The third-order valence-electron chi connectivity index (χ3n) is 9.64.